The van der Waals surface area contributed by atoms with E-state index in [4.69, 9.17) is 20.9 Å². The smallest absolute Gasteiger partial charge is 0.246 e. The van der Waals surface area contributed by atoms with E-state index in [2.05, 4.69) is 16.2 Å². The maximum absolute atomic E-state index is 11.3. The second-order valence-corrected chi connectivity index (χ2v) is 8.24. The van der Waals surface area contributed by atoms with E-state index < -0.39 is 17.7 Å². The number of anilines is 1. The molecular formula is C22H21ClN4O3. The molecule has 7 nitrogen and oxygen atoms in total. The summed E-state index contributed by atoms with van der Waals surface area (Å²) in [5.41, 5.74) is 1.15. The molecule has 0 radical (unpaired) electrons. The van der Waals surface area contributed by atoms with Crippen LogP contribution in [0.5, 0.6) is 5.75 Å². The molecule has 0 unspecified atom stereocenters. The largest absolute Gasteiger partial charge is 0.485 e. The highest BCUT2D eigenvalue weighted by Crippen LogP contribution is 2.45. The number of ether oxygens (including phenoxy) is 1. The van der Waals surface area contributed by atoms with Crippen LogP contribution in [0.25, 0.3) is 0 Å². The molecule has 0 saturated carbocycles. The summed E-state index contributed by atoms with van der Waals surface area (Å²) in [6, 6.07) is 14.2. The van der Waals surface area contributed by atoms with Gasteiger partial charge < -0.3 is 19.3 Å². The average molecular weight is 425 g/mol. The molecule has 0 aliphatic carbocycles. The lowest BCUT2D eigenvalue weighted by molar-refractivity contribution is -0.0592. The third-order valence-electron chi connectivity index (χ3n) is 5.21. The topological polar surface area (TPSA) is 95.4 Å². The molecular weight excluding hydrogens is 404 g/mol. The van der Waals surface area contributed by atoms with Gasteiger partial charge in [0.05, 0.1) is 24.2 Å². The first kappa shape index (κ1) is 20.2. The Kier molecular flexibility index (Phi) is 5.14. The van der Waals surface area contributed by atoms with Crippen LogP contribution in [0, 0.1) is 18.3 Å². The van der Waals surface area contributed by atoms with Gasteiger partial charge in [-0.3, -0.25) is 0 Å². The molecule has 154 valence electrons. The molecule has 3 aromatic rings. The highest BCUT2D eigenvalue weighted by Gasteiger charge is 2.46. The van der Waals surface area contributed by atoms with Crippen molar-refractivity contribution >= 4 is 17.3 Å². The van der Waals surface area contributed by atoms with Gasteiger partial charge in [0.1, 0.15) is 17.5 Å². The third kappa shape index (κ3) is 3.72. The van der Waals surface area contributed by atoms with E-state index in [0.717, 1.165) is 5.69 Å². The van der Waals surface area contributed by atoms with Crippen molar-refractivity contribution in [3.8, 4) is 11.8 Å². The number of rotatable bonds is 4. The monoisotopic (exact) mass is 424 g/mol. The zero-order valence-electron chi connectivity index (χ0n) is 16.8. The first-order chi connectivity index (χ1) is 14.3. The summed E-state index contributed by atoms with van der Waals surface area (Å²) >= 11 is 6.10. The van der Waals surface area contributed by atoms with Crippen LogP contribution in [0.15, 0.2) is 47.0 Å². The predicted octanol–water partition coefficient (Wildman–Crippen LogP) is 4.18. The van der Waals surface area contributed by atoms with E-state index in [1.54, 1.807) is 37.3 Å². The Morgan fingerprint density at radius 3 is 2.60 bits per heavy atom. The highest BCUT2D eigenvalue weighted by atomic mass is 35.5. The van der Waals surface area contributed by atoms with Crippen molar-refractivity contribution in [2.45, 2.75) is 45.1 Å². The van der Waals surface area contributed by atoms with Gasteiger partial charge in [-0.25, -0.2) is 0 Å². The molecule has 2 heterocycles. The Morgan fingerprint density at radius 2 is 1.97 bits per heavy atom. The number of halogens is 1. The molecule has 1 aliphatic rings. The number of aliphatic hydroxyl groups excluding tert-OH is 1. The lowest BCUT2D eigenvalue weighted by Gasteiger charge is -2.46. The fourth-order valence-corrected chi connectivity index (χ4v) is 3.83. The minimum absolute atomic E-state index is 0.260. The van der Waals surface area contributed by atoms with E-state index in [1.807, 2.05) is 30.9 Å². The number of benzene rings is 2. The number of nitriles is 1. The van der Waals surface area contributed by atoms with Crippen LogP contribution in [0.1, 0.15) is 42.7 Å². The fraction of sp³-hybridized carbons (Fsp3) is 0.318. The average Bonchev–Trinajstić information content (AvgIpc) is 3.13. The molecule has 0 saturated heterocycles. The van der Waals surface area contributed by atoms with Gasteiger partial charge in [0, 0.05) is 16.3 Å². The zero-order valence-corrected chi connectivity index (χ0v) is 17.6. The molecule has 4 rings (SSSR count). The maximum atomic E-state index is 11.3. The summed E-state index contributed by atoms with van der Waals surface area (Å²) in [7, 11) is 0. The van der Waals surface area contributed by atoms with Gasteiger partial charge in [-0.05, 0) is 63.2 Å². The Hall–Kier alpha value is -3.08. The summed E-state index contributed by atoms with van der Waals surface area (Å²) in [6.07, 6.45) is -0.904. The van der Waals surface area contributed by atoms with Crippen molar-refractivity contribution in [3.05, 3.63) is 70.3 Å². The van der Waals surface area contributed by atoms with Gasteiger partial charge in [0.2, 0.25) is 5.89 Å². The van der Waals surface area contributed by atoms with Gasteiger partial charge in [-0.1, -0.05) is 16.8 Å². The summed E-state index contributed by atoms with van der Waals surface area (Å²) in [4.78, 5) is 6.30. The summed E-state index contributed by atoms with van der Waals surface area (Å²) in [5, 5.41) is 25.2. The number of hydrogen-bond donors (Lipinski definition) is 1. The standard InChI is InChI=1S/C22H21ClN4O3/c1-13-25-19(30-26-13)12-27(16-7-5-15(23)6-8-16)20-17-10-14(11-24)4-9-18(17)29-22(2,3)21(20)28/h4-10,20-21,28H,12H2,1-3H3/t20-,21+/m0/s1. The second-order valence-electron chi connectivity index (χ2n) is 7.80. The number of aromatic nitrogens is 2. The summed E-state index contributed by atoms with van der Waals surface area (Å²) in [5.74, 6) is 1.56. The van der Waals surface area contributed by atoms with Gasteiger partial charge in [-0.2, -0.15) is 10.2 Å². The first-order valence-corrected chi connectivity index (χ1v) is 9.89. The number of hydrogen-bond acceptors (Lipinski definition) is 7. The summed E-state index contributed by atoms with van der Waals surface area (Å²) in [6.45, 7) is 5.68. The Morgan fingerprint density at radius 1 is 1.23 bits per heavy atom. The third-order valence-corrected chi connectivity index (χ3v) is 5.46. The minimum atomic E-state index is -0.904. The molecule has 30 heavy (non-hydrogen) atoms. The molecule has 1 aliphatic heterocycles. The quantitative estimate of drug-likeness (QED) is 0.671. The number of aryl methyl sites for hydroxylation is 1. The fourth-order valence-electron chi connectivity index (χ4n) is 3.71. The molecule has 0 bridgehead atoms. The van der Waals surface area contributed by atoms with Gasteiger partial charge in [0.15, 0.2) is 5.82 Å². The van der Waals surface area contributed by atoms with E-state index in [9.17, 15) is 10.4 Å². The summed E-state index contributed by atoms with van der Waals surface area (Å²) < 4.78 is 11.4. The molecule has 8 heteroatoms. The molecule has 0 fully saturated rings. The van der Waals surface area contributed by atoms with Crippen LogP contribution in [0.2, 0.25) is 5.02 Å². The molecule has 0 spiro atoms. The van der Waals surface area contributed by atoms with Crippen LogP contribution in [-0.2, 0) is 6.54 Å². The number of nitrogens with zero attached hydrogens (tertiary/aromatic N) is 4. The van der Waals surface area contributed by atoms with Crippen molar-refractivity contribution in [3.63, 3.8) is 0 Å². The van der Waals surface area contributed by atoms with Crippen LogP contribution in [0.3, 0.4) is 0 Å². The lowest BCUT2D eigenvalue weighted by Crippen LogP contribution is -2.53. The first-order valence-electron chi connectivity index (χ1n) is 9.51. The zero-order chi connectivity index (χ0) is 21.5. The SMILES string of the molecule is Cc1noc(CN(c2ccc(Cl)cc2)[C@H]2c3cc(C#N)ccc3OC(C)(C)[C@@H]2O)n1. The van der Waals surface area contributed by atoms with Crippen molar-refractivity contribution in [1.29, 1.82) is 5.26 Å². The van der Waals surface area contributed by atoms with Crippen LogP contribution in [-0.4, -0.2) is 27.0 Å². The normalized spacial score (nSPS) is 19.5. The van der Waals surface area contributed by atoms with Gasteiger partial charge in [-0.15, -0.1) is 0 Å². The van der Waals surface area contributed by atoms with Crippen molar-refractivity contribution in [2.75, 3.05) is 4.90 Å². The van der Waals surface area contributed by atoms with Crippen LogP contribution < -0.4 is 9.64 Å². The Balaban J connectivity index is 1.87. The van der Waals surface area contributed by atoms with Crippen molar-refractivity contribution in [2.24, 2.45) is 0 Å². The Bertz CT molecular complexity index is 1100. The van der Waals surface area contributed by atoms with E-state index >= 15 is 0 Å². The predicted molar refractivity (Wildman–Crippen MR) is 111 cm³/mol. The van der Waals surface area contributed by atoms with E-state index in [1.165, 1.54) is 0 Å². The number of fused-ring (bicyclic) bond motifs is 1. The highest BCUT2D eigenvalue weighted by molar-refractivity contribution is 6.30. The molecule has 1 N–H and O–H groups in total. The maximum Gasteiger partial charge on any atom is 0.246 e. The van der Waals surface area contributed by atoms with Crippen molar-refractivity contribution < 1.29 is 14.4 Å². The van der Waals surface area contributed by atoms with Gasteiger partial charge in [0.25, 0.3) is 0 Å². The molecule has 2 atom stereocenters. The second kappa shape index (κ2) is 7.63. The van der Waals surface area contributed by atoms with Gasteiger partial charge >= 0.3 is 0 Å². The molecule has 1 aromatic heterocycles. The molecule has 2 aromatic carbocycles. The number of aliphatic hydroxyl groups is 1. The van der Waals surface area contributed by atoms with E-state index in [-0.39, 0.29) is 6.54 Å². The van der Waals surface area contributed by atoms with E-state index in [0.29, 0.717) is 33.6 Å². The minimum Gasteiger partial charge on any atom is -0.485 e. The van der Waals surface area contributed by atoms with Crippen molar-refractivity contribution in [1.82, 2.24) is 10.1 Å². The lowest BCUT2D eigenvalue weighted by atomic mass is 9.84. The van der Waals surface area contributed by atoms with Crippen LogP contribution in [0.4, 0.5) is 5.69 Å². The molecule has 0 amide bonds. The Labute approximate surface area is 179 Å². The van der Waals surface area contributed by atoms with Crippen LogP contribution >= 0.6 is 11.6 Å².